The molecular formula is C33H46O4. The largest absolute Gasteiger partial charge is 0.426 e. The molecule has 1 heterocycles. The highest BCUT2D eigenvalue weighted by molar-refractivity contribution is 5.95. The number of esters is 2. The molecule has 2 aromatic carbocycles. The summed E-state index contributed by atoms with van der Waals surface area (Å²) in [5.74, 6) is 0.191. The summed E-state index contributed by atoms with van der Waals surface area (Å²) in [5.41, 5.74) is 2.63. The van der Waals surface area contributed by atoms with Gasteiger partial charge in [0.15, 0.2) is 0 Å². The molecule has 37 heavy (non-hydrogen) atoms. The van der Waals surface area contributed by atoms with Gasteiger partial charge in [0, 0.05) is 18.1 Å². The van der Waals surface area contributed by atoms with E-state index in [-0.39, 0.29) is 27.6 Å². The predicted octanol–water partition coefficient (Wildman–Crippen LogP) is 8.26. The van der Waals surface area contributed by atoms with Crippen molar-refractivity contribution in [1.29, 1.82) is 0 Å². The molecule has 1 atom stereocenters. The van der Waals surface area contributed by atoms with Gasteiger partial charge in [-0.1, -0.05) is 93.5 Å². The fourth-order valence-electron chi connectivity index (χ4n) is 6.44. The maximum absolute atomic E-state index is 13.6. The molecule has 1 aliphatic rings. The molecule has 3 rings (SSSR count). The molecule has 0 bridgehead atoms. The summed E-state index contributed by atoms with van der Waals surface area (Å²) in [6.45, 7) is 25.6. The molecule has 1 unspecified atom stereocenters. The van der Waals surface area contributed by atoms with Crippen LogP contribution in [0.15, 0.2) is 36.4 Å². The van der Waals surface area contributed by atoms with Crippen molar-refractivity contribution in [2.45, 2.75) is 112 Å². The Bertz CT molecular complexity index is 1200. The Morgan fingerprint density at radius 1 is 0.784 bits per heavy atom. The second-order valence-electron chi connectivity index (χ2n) is 14.8. The Hall–Kier alpha value is -2.62. The van der Waals surface area contributed by atoms with Crippen LogP contribution in [0.3, 0.4) is 0 Å². The molecule has 202 valence electrons. The number of hydrogen-bond donors (Lipinski definition) is 0. The highest BCUT2D eigenvalue weighted by atomic mass is 16.5. The molecule has 0 aromatic heterocycles. The van der Waals surface area contributed by atoms with E-state index in [4.69, 9.17) is 9.47 Å². The number of carbonyl (C=O) groups is 2. The van der Waals surface area contributed by atoms with E-state index in [2.05, 4.69) is 81.4 Å². The SMILES string of the molecule is CC(=O)Oc1ccc(C(C)(C)CC(C)(C)C)cc1C1(C)C(=O)Oc2ccc(C(C)(C)CC(C)(C)C)cc21. The van der Waals surface area contributed by atoms with Crippen LogP contribution < -0.4 is 9.47 Å². The first-order valence-electron chi connectivity index (χ1n) is 13.4. The Balaban J connectivity index is 2.23. The van der Waals surface area contributed by atoms with Gasteiger partial charge in [-0.2, -0.15) is 0 Å². The van der Waals surface area contributed by atoms with Crippen LogP contribution in [0.25, 0.3) is 0 Å². The smallest absolute Gasteiger partial charge is 0.326 e. The van der Waals surface area contributed by atoms with E-state index in [1.807, 2.05) is 31.2 Å². The third kappa shape index (κ3) is 6.10. The molecule has 0 saturated carbocycles. The standard InChI is InChI=1S/C33H46O4/c1-21(34)36-26-15-13-22(31(8,9)19-29(2,3)4)17-24(26)33(12)25-18-23(14-16-27(25)37-28(33)35)32(10,11)20-30(5,6)7/h13-18H,19-20H2,1-12H3. The highest BCUT2D eigenvalue weighted by Gasteiger charge is 2.49. The van der Waals surface area contributed by atoms with Gasteiger partial charge in [-0.05, 0) is 64.7 Å². The zero-order valence-corrected chi connectivity index (χ0v) is 25.0. The second-order valence-corrected chi connectivity index (χ2v) is 14.8. The van der Waals surface area contributed by atoms with Crippen molar-refractivity contribution < 1.29 is 19.1 Å². The van der Waals surface area contributed by atoms with Gasteiger partial charge in [0.2, 0.25) is 0 Å². The van der Waals surface area contributed by atoms with Crippen LogP contribution in [-0.2, 0) is 25.8 Å². The van der Waals surface area contributed by atoms with Crippen LogP contribution in [0.5, 0.6) is 11.5 Å². The van der Waals surface area contributed by atoms with Crippen molar-refractivity contribution in [1.82, 2.24) is 0 Å². The molecule has 4 nitrogen and oxygen atoms in total. The Kier molecular flexibility index (Phi) is 7.27. The zero-order valence-electron chi connectivity index (χ0n) is 25.0. The van der Waals surface area contributed by atoms with E-state index >= 15 is 0 Å². The molecule has 4 heteroatoms. The van der Waals surface area contributed by atoms with E-state index in [1.54, 1.807) is 0 Å². The Morgan fingerprint density at radius 2 is 1.24 bits per heavy atom. The molecule has 0 fully saturated rings. The van der Waals surface area contributed by atoms with Gasteiger partial charge in [0.05, 0.1) is 0 Å². The highest BCUT2D eigenvalue weighted by Crippen LogP contribution is 2.50. The molecule has 2 aromatic rings. The number of ether oxygens (including phenoxy) is 2. The first kappa shape index (κ1) is 28.9. The molecule has 0 radical (unpaired) electrons. The van der Waals surface area contributed by atoms with Gasteiger partial charge < -0.3 is 9.47 Å². The van der Waals surface area contributed by atoms with Crippen molar-refractivity contribution >= 4 is 11.9 Å². The summed E-state index contributed by atoms with van der Waals surface area (Å²) in [6, 6.07) is 12.0. The van der Waals surface area contributed by atoms with Crippen molar-refractivity contribution in [2.75, 3.05) is 0 Å². The number of carbonyl (C=O) groups excluding carboxylic acids is 2. The summed E-state index contributed by atoms with van der Waals surface area (Å²) >= 11 is 0. The number of rotatable bonds is 6. The van der Waals surface area contributed by atoms with Crippen LogP contribution in [0.1, 0.15) is 118 Å². The van der Waals surface area contributed by atoms with Crippen LogP contribution in [0, 0.1) is 10.8 Å². The molecule has 0 N–H and O–H groups in total. The van der Waals surface area contributed by atoms with Crippen molar-refractivity contribution in [2.24, 2.45) is 10.8 Å². The molecular weight excluding hydrogens is 460 g/mol. The van der Waals surface area contributed by atoms with E-state index in [9.17, 15) is 9.59 Å². The van der Waals surface area contributed by atoms with Gasteiger partial charge >= 0.3 is 11.9 Å². The minimum atomic E-state index is -1.11. The normalized spacial score (nSPS) is 18.4. The van der Waals surface area contributed by atoms with E-state index in [0.717, 1.165) is 29.5 Å². The quantitative estimate of drug-likeness (QED) is 0.292. The van der Waals surface area contributed by atoms with Crippen molar-refractivity contribution in [3.63, 3.8) is 0 Å². The van der Waals surface area contributed by atoms with Gasteiger partial charge in [0.1, 0.15) is 16.9 Å². The summed E-state index contributed by atoms with van der Waals surface area (Å²) in [5, 5.41) is 0. The number of fused-ring (bicyclic) bond motifs is 1. The minimum Gasteiger partial charge on any atom is -0.426 e. The maximum Gasteiger partial charge on any atom is 0.326 e. The lowest BCUT2D eigenvalue weighted by Gasteiger charge is -2.35. The Labute approximate surface area is 224 Å². The number of benzene rings is 2. The van der Waals surface area contributed by atoms with Crippen LogP contribution in [0.2, 0.25) is 0 Å². The molecule has 0 aliphatic carbocycles. The molecule has 0 saturated heterocycles. The van der Waals surface area contributed by atoms with Crippen LogP contribution in [0.4, 0.5) is 0 Å². The average molecular weight is 507 g/mol. The summed E-state index contributed by atoms with van der Waals surface area (Å²) in [7, 11) is 0. The Morgan fingerprint density at radius 3 is 1.70 bits per heavy atom. The first-order valence-corrected chi connectivity index (χ1v) is 13.4. The fourth-order valence-corrected chi connectivity index (χ4v) is 6.44. The van der Waals surface area contributed by atoms with Gasteiger partial charge in [0.25, 0.3) is 0 Å². The molecule has 0 spiro atoms. The van der Waals surface area contributed by atoms with Gasteiger partial charge in [-0.25, -0.2) is 0 Å². The van der Waals surface area contributed by atoms with Crippen LogP contribution >= 0.6 is 0 Å². The molecule has 0 amide bonds. The monoisotopic (exact) mass is 506 g/mol. The van der Waals surface area contributed by atoms with Crippen molar-refractivity contribution in [3.8, 4) is 11.5 Å². The third-order valence-electron chi connectivity index (χ3n) is 7.41. The predicted molar refractivity (Wildman–Crippen MR) is 150 cm³/mol. The fraction of sp³-hybridized carbons (Fsp3) is 0.576. The van der Waals surface area contributed by atoms with E-state index in [1.165, 1.54) is 6.92 Å². The molecule has 1 aliphatic heterocycles. The second kappa shape index (κ2) is 9.29. The summed E-state index contributed by atoms with van der Waals surface area (Å²) < 4.78 is 11.5. The average Bonchev–Trinajstić information content (AvgIpc) is 2.94. The number of hydrogen-bond acceptors (Lipinski definition) is 4. The third-order valence-corrected chi connectivity index (χ3v) is 7.41. The minimum absolute atomic E-state index is 0.102. The summed E-state index contributed by atoms with van der Waals surface area (Å²) in [4.78, 5) is 25.7. The lowest BCUT2D eigenvalue weighted by molar-refractivity contribution is -0.137. The maximum atomic E-state index is 13.6. The van der Waals surface area contributed by atoms with Crippen molar-refractivity contribution in [3.05, 3.63) is 58.7 Å². The topological polar surface area (TPSA) is 52.6 Å². The lowest BCUT2D eigenvalue weighted by Crippen LogP contribution is -2.34. The lowest BCUT2D eigenvalue weighted by atomic mass is 9.68. The van der Waals surface area contributed by atoms with Crippen LogP contribution in [-0.4, -0.2) is 11.9 Å². The summed E-state index contributed by atoms with van der Waals surface area (Å²) in [6.07, 6.45) is 1.94. The van der Waals surface area contributed by atoms with Gasteiger partial charge in [-0.3, -0.25) is 9.59 Å². The van der Waals surface area contributed by atoms with E-state index < -0.39 is 11.4 Å². The van der Waals surface area contributed by atoms with E-state index in [0.29, 0.717) is 17.1 Å². The van der Waals surface area contributed by atoms with Gasteiger partial charge in [-0.15, -0.1) is 0 Å². The zero-order chi connectivity index (χ0) is 28.2. The first-order chi connectivity index (χ1) is 16.7.